The summed E-state index contributed by atoms with van der Waals surface area (Å²) in [6, 6.07) is 4.29. The number of hydrogen-bond acceptors (Lipinski definition) is 6. The average molecular weight is 429 g/mol. The van der Waals surface area contributed by atoms with E-state index in [4.69, 9.17) is 33.6 Å². The number of nitrogens with zero attached hydrogens (tertiary/aromatic N) is 6. The van der Waals surface area contributed by atoms with Gasteiger partial charge in [-0.2, -0.15) is 0 Å². The van der Waals surface area contributed by atoms with E-state index in [1.807, 2.05) is 66.2 Å². The van der Waals surface area contributed by atoms with E-state index < -0.39 is 12.4 Å². The molecule has 26 heavy (non-hydrogen) atoms. The molecule has 0 aromatic heterocycles. The first-order valence-corrected chi connectivity index (χ1v) is 13.7. The molecule has 2 atom stereocenters. The molecule has 2 aliphatic rings. The van der Waals surface area contributed by atoms with Gasteiger partial charge in [0, 0.05) is 38.8 Å². The van der Waals surface area contributed by atoms with Gasteiger partial charge >= 0.3 is 0 Å². The second kappa shape index (κ2) is 6.47. The van der Waals surface area contributed by atoms with E-state index in [-0.39, 0.29) is 0 Å². The molecule has 0 radical (unpaired) electrons. The van der Waals surface area contributed by atoms with Crippen LogP contribution in [0.2, 0.25) is 0 Å². The molecule has 2 aliphatic heterocycles. The molecule has 10 heteroatoms. The average Bonchev–Trinajstić information content (AvgIpc) is 3.00. The molecule has 1 aromatic carbocycles. The monoisotopic (exact) mass is 428 g/mol. The third-order valence-corrected chi connectivity index (χ3v) is 15.1. The van der Waals surface area contributed by atoms with Crippen molar-refractivity contribution in [2.75, 3.05) is 56.4 Å². The Morgan fingerprint density at radius 3 is 1.27 bits per heavy atom. The van der Waals surface area contributed by atoms with Crippen LogP contribution in [-0.4, -0.2) is 86.7 Å². The lowest BCUT2D eigenvalue weighted by Gasteiger charge is -2.32. The maximum atomic E-state index is 6.22. The van der Waals surface area contributed by atoms with Gasteiger partial charge in [-0.25, -0.2) is 9.98 Å². The number of hydrogen-bond donors (Lipinski definition) is 0. The Morgan fingerprint density at radius 1 is 0.654 bits per heavy atom. The first-order valence-electron chi connectivity index (χ1n) is 8.23. The second-order valence-electron chi connectivity index (χ2n) is 7.29. The van der Waals surface area contributed by atoms with Gasteiger partial charge < -0.3 is 9.80 Å². The standard InChI is InChI=1S/C16H26N6P2S2/c1-19(2)15-17-11-9-12-14(10-13(11)23(15,25)21(5)6)24(26,22(7)8)16(18-12)20(3)4/h9-10H,1-8H3. The zero-order valence-corrected chi connectivity index (χ0v) is 20.0. The van der Waals surface area contributed by atoms with Crippen LogP contribution in [0.5, 0.6) is 0 Å². The van der Waals surface area contributed by atoms with Crippen molar-refractivity contribution < 1.29 is 0 Å². The molecule has 0 spiro atoms. The van der Waals surface area contributed by atoms with Crippen LogP contribution in [0.1, 0.15) is 0 Å². The molecular formula is C16H26N6P2S2. The molecule has 142 valence electrons. The van der Waals surface area contributed by atoms with E-state index in [1.165, 1.54) is 0 Å². The van der Waals surface area contributed by atoms with Crippen LogP contribution in [0.15, 0.2) is 22.1 Å². The molecule has 3 rings (SSSR count). The summed E-state index contributed by atoms with van der Waals surface area (Å²) in [6.45, 7) is 0. The molecule has 2 unspecified atom stereocenters. The number of benzene rings is 1. The molecule has 1 aromatic rings. The highest BCUT2D eigenvalue weighted by Gasteiger charge is 2.43. The minimum absolute atomic E-state index is 0.938. The van der Waals surface area contributed by atoms with Crippen molar-refractivity contribution in [3.05, 3.63) is 12.1 Å². The second-order valence-corrected chi connectivity index (χ2v) is 16.1. The van der Waals surface area contributed by atoms with Gasteiger partial charge in [-0.05, 0) is 40.3 Å². The van der Waals surface area contributed by atoms with Gasteiger partial charge in [-0.1, -0.05) is 23.6 Å². The summed E-state index contributed by atoms with van der Waals surface area (Å²) in [5.41, 5.74) is 3.80. The predicted octanol–water partition coefficient (Wildman–Crippen LogP) is 1.97. The zero-order valence-electron chi connectivity index (χ0n) is 16.5. The fourth-order valence-corrected chi connectivity index (χ4v) is 10.6. The van der Waals surface area contributed by atoms with Crippen molar-refractivity contribution in [2.24, 2.45) is 9.98 Å². The van der Waals surface area contributed by atoms with Crippen LogP contribution in [0.25, 0.3) is 0 Å². The number of rotatable bonds is 2. The lowest BCUT2D eigenvalue weighted by atomic mass is 10.3. The lowest BCUT2D eigenvalue weighted by molar-refractivity contribution is 0.625. The minimum atomic E-state index is -2.13. The summed E-state index contributed by atoms with van der Waals surface area (Å²) in [4.78, 5) is 13.9. The van der Waals surface area contributed by atoms with Gasteiger partial charge in [-0.3, -0.25) is 9.34 Å². The topological polar surface area (TPSA) is 37.7 Å². The SMILES string of the molecule is CN(C)C1=Nc2cc3c(cc2P1(=S)N(C)C)P(=S)(N(C)C)C(N(C)C)=N3. The van der Waals surface area contributed by atoms with Crippen molar-refractivity contribution in [3.8, 4) is 0 Å². The highest BCUT2D eigenvalue weighted by Crippen LogP contribution is 2.60. The van der Waals surface area contributed by atoms with E-state index in [0.717, 1.165) is 33.1 Å². The lowest BCUT2D eigenvalue weighted by Crippen LogP contribution is -2.32. The van der Waals surface area contributed by atoms with Gasteiger partial charge in [0.1, 0.15) is 12.4 Å². The third kappa shape index (κ3) is 2.58. The molecule has 6 nitrogen and oxygen atoms in total. The zero-order chi connectivity index (χ0) is 19.6. The van der Waals surface area contributed by atoms with Crippen molar-refractivity contribution in [3.63, 3.8) is 0 Å². The Hall–Kier alpha value is -0.620. The molecule has 0 saturated heterocycles. The first-order chi connectivity index (χ1) is 12.0. The van der Waals surface area contributed by atoms with Gasteiger partial charge in [0.15, 0.2) is 11.2 Å². The van der Waals surface area contributed by atoms with Gasteiger partial charge in [0.25, 0.3) is 0 Å². The number of aliphatic imine (C=N–C) groups is 2. The van der Waals surface area contributed by atoms with E-state index in [0.29, 0.717) is 0 Å². The molecule has 0 amide bonds. The summed E-state index contributed by atoms with van der Waals surface area (Å²) >= 11 is 12.4. The van der Waals surface area contributed by atoms with E-state index in [1.54, 1.807) is 0 Å². The third-order valence-electron chi connectivity index (χ3n) is 4.63. The summed E-state index contributed by atoms with van der Waals surface area (Å²) in [7, 11) is 16.2. The van der Waals surface area contributed by atoms with Crippen LogP contribution < -0.4 is 10.6 Å². The van der Waals surface area contributed by atoms with Crippen molar-refractivity contribution >= 4 is 69.1 Å². The summed E-state index contributed by atoms with van der Waals surface area (Å²) in [6.07, 6.45) is -4.26. The van der Waals surface area contributed by atoms with Gasteiger partial charge in [0.05, 0.1) is 11.4 Å². The Bertz CT molecular complexity index is 862. The Morgan fingerprint density at radius 2 is 1.00 bits per heavy atom. The molecule has 0 N–H and O–H groups in total. The van der Waals surface area contributed by atoms with Crippen LogP contribution in [0, 0.1) is 0 Å². The maximum absolute atomic E-state index is 6.22. The Balaban J connectivity index is 2.30. The van der Waals surface area contributed by atoms with Gasteiger partial charge in [-0.15, -0.1) is 0 Å². The predicted molar refractivity (Wildman–Crippen MR) is 123 cm³/mol. The molecule has 2 heterocycles. The molecule has 0 fully saturated rings. The normalized spacial score (nSPS) is 26.7. The van der Waals surface area contributed by atoms with Crippen LogP contribution >= 0.6 is 12.4 Å². The van der Waals surface area contributed by atoms with E-state index >= 15 is 0 Å². The highest BCUT2D eigenvalue weighted by molar-refractivity contribution is 8.26. The quantitative estimate of drug-likeness (QED) is 0.671. The van der Waals surface area contributed by atoms with E-state index in [2.05, 4.69) is 21.5 Å². The molecule has 0 bridgehead atoms. The Kier molecular flexibility index (Phi) is 5.01. The van der Waals surface area contributed by atoms with Crippen molar-refractivity contribution in [1.82, 2.24) is 19.1 Å². The van der Waals surface area contributed by atoms with Gasteiger partial charge in [0.2, 0.25) is 0 Å². The Labute approximate surface area is 166 Å². The maximum Gasteiger partial charge on any atom is 0.156 e. The largest absolute Gasteiger partial charge is 0.361 e. The van der Waals surface area contributed by atoms with Crippen LogP contribution in [0.3, 0.4) is 0 Å². The van der Waals surface area contributed by atoms with E-state index in [9.17, 15) is 0 Å². The number of fused-ring (bicyclic) bond motifs is 2. The summed E-state index contributed by atoms with van der Waals surface area (Å²) in [5, 5.41) is 2.26. The minimum Gasteiger partial charge on any atom is -0.361 e. The van der Waals surface area contributed by atoms with Crippen LogP contribution in [0.4, 0.5) is 11.4 Å². The molecule has 0 saturated carbocycles. The summed E-state index contributed by atoms with van der Waals surface area (Å²) in [5.74, 6) is 0. The van der Waals surface area contributed by atoms with Crippen molar-refractivity contribution in [1.29, 1.82) is 0 Å². The molecular weight excluding hydrogens is 402 g/mol. The smallest absolute Gasteiger partial charge is 0.156 e. The molecule has 0 aliphatic carbocycles. The fraction of sp³-hybridized carbons (Fsp3) is 0.500. The van der Waals surface area contributed by atoms with Crippen LogP contribution in [-0.2, 0) is 23.6 Å². The number of amidine groups is 2. The fourth-order valence-electron chi connectivity index (χ4n) is 3.32. The van der Waals surface area contributed by atoms with Crippen molar-refractivity contribution in [2.45, 2.75) is 0 Å². The summed E-state index contributed by atoms with van der Waals surface area (Å²) < 4.78 is 4.31. The highest BCUT2D eigenvalue weighted by atomic mass is 32.4. The first kappa shape index (κ1) is 20.1.